The number of carbonyl (C=O) groups excluding carboxylic acids is 1. The Morgan fingerprint density at radius 1 is 1.03 bits per heavy atom. The van der Waals surface area contributed by atoms with E-state index < -0.39 is 0 Å². The molecule has 2 amide bonds. The van der Waals surface area contributed by atoms with Crippen molar-refractivity contribution in [1.29, 1.82) is 0 Å². The van der Waals surface area contributed by atoms with Gasteiger partial charge in [0.1, 0.15) is 0 Å². The second-order valence-electron chi connectivity index (χ2n) is 8.72. The van der Waals surface area contributed by atoms with Gasteiger partial charge in [0.05, 0.1) is 17.8 Å². The monoisotopic (exact) mass is 432 g/mol. The quantitative estimate of drug-likeness (QED) is 0.576. The molecule has 1 atom stereocenters. The molecule has 1 unspecified atom stereocenters. The summed E-state index contributed by atoms with van der Waals surface area (Å²) in [4.78, 5) is 21.9. The molecule has 5 rings (SSSR count). The van der Waals surface area contributed by atoms with Crippen LogP contribution in [0.25, 0.3) is 11.4 Å². The number of nitrogens with one attached hydrogen (secondary N) is 2. The summed E-state index contributed by atoms with van der Waals surface area (Å²) in [5, 5.41) is 18.3. The van der Waals surface area contributed by atoms with Crippen LogP contribution >= 0.6 is 0 Å². The van der Waals surface area contributed by atoms with Crippen LogP contribution in [-0.2, 0) is 0 Å². The Labute approximate surface area is 187 Å². The Balaban J connectivity index is 1.33. The summed E-state index contributed by atoms with van der Waals surface area (Å²) in [6, 6.07) is 9.24. The first-order valence-corrected chi connectivity index (χ1v) is 11.5. The van der Waals surface area contributed by atoms with Gasteiger partial charge >= 0.3 is 6.03 Å². The molecule has 2 saturated carbocycles. The Hall–Kier alpha value is -3.36. The zero-order chi connectivity index (χ0) is 21.8. The first-order valence-electron chi connectivity index (χ1n) is 11.5. The summed E-state index contributed by atoms with van der Waals surface area (Å²) in [6.45, 7) is 0. The van der Waals surface area contributed by atoms with Crippen LogP contribution in [-0.4, -0.2) is 36.2 Å². The Morgan fingerprint density at radius 3 is 2.59 bits per heavy atom. The Kier molecular flexibility index (Phi) is 6.04. The summed E-state index contributed by atoms with van der Waals surface area (Å²) < 4.78 is 1.85. The van der Waals surface area contributed by atoms with Crippen molar-refractivity contribution in [3.05, 3.63) is 48.5 Å². The van der Waals surface area contributed by atoms with Gasteiger partial charge in [-0.1, -0.05) is 44.2 Å². The Bertz CT molecular complexity index is 1040. The summed E-state index contributed by atoms with van der Waals surface area (Å²) in [6.07, 6.45) is 12.6. The number of anilines is 1. The summed E-state index contributed by atoms with van der Waals surface area (Å²) in [7, 11) is 0. The van der Waals surface area contributed by atoms with E-state index in [1.807, 2.05) is 28.9 Å². The van der Waals surface area contributed by atoms with Crippen molar-refractivity contribution < 1.29 is 4.79 Å². The smallest absolute Gasteiger partial charge is 0.319 e. The predicted octanol–water partition coefficient (Wildman–Crippen LogP) is 4.30. The molecule has 32 heavy (non-hydrogen) atoms. The minimum atomic E-state index is -0.281. The molecule has 2 aliphatic carbocycles. The van der Waals surface area contributed by atoms with E-state index in [1.54, 1.807) is 18.5 Å². The number of tetrazole rings is 1. The first-order chi connectivity index (χ1) is 15.8. The van der Waals surface area contributed by atoms with Crippen molar-refractivity contribution in [3.63, 3.8) is 0 Å². The van der Waals surface area contributed by atoms with Gasteiger partial charge in [-0.2, -0.15) is 0 Å². The SMILES string of the molecule is O=C(Nc1ccccc1-c1nnnn1C1CC1)NC(CC1CCCCC1)c1ncccn1. The highest BCUT2D eigenvalue weighted by molar-refractivity contribution is 5.93. The van der Waals surface area contributed by atoms with E-state index >= 15 is 0 Å². The van der Waals surface area contributed by atoms with E-state index in [0.29, 0.717) is 29.3 Å². The number of para-hydroxylation sites is 1. The standard InChI is InChI=1S/C23H28N8O/c32-23(27-20(21-24-13-6-14-25-21)15-16-7-2-1-3-8-16)26-19-10-5-4-9-18(19)22-28-29-30-31(22)17-11-12-17/h4-6,9-10,13-14,16-17,20H,1-3,7-8,11-12,15H2,(H2,26,27,32). The number of carbonyl (C=O) groups is 1. The van der Waals surface area contributed by atoms with Gasteiger partial charge in [-0.15, -0.1) is 5.10 Å². The number of nitrogens with zero attached hydrogens (tertiary/aromatic N) is 6. The molecule has 2 fully saturated rings. The summed E-state index contributed by atoms with van der Waals surface area (Å²) >= 11 is 0. The molecule has 3 aromatic rings. The van der Waals surface area contributed by atoms with E-state index in [2.05, 4.69) is 36.1 Å². The lowest BCUT2D eigenvalue weighted by atomic mass is 9.84. The fraction of sp³-hybridized carbons (Fsp3) is 0.478. The van der Waals surface area contributed by atoms with Crippen molar-refractivity contribution in [3.8, 4) is 11.4 Å². The van der Waals surface area contributed by atoms with Crippen LogP contribution in [0.3, 0.4) is 0 Å². The van der Waals surface area contributed by atoms with Gasteiger partial charge in [0, 0.05) is 18.0 Å². The molecule has 0 spiro atoms. The zero-order valence-corrected chi connectivity index (χ0v) is 18.0. The highest BCUT2D eigenvalue weighted by Gasteiger charge is 2.29. The first kappa shape index (κ1) is 20.5. The Morgan fingerprint density at radius 2 is 1.81 bits per heavy atom. The second kappa shape index (κ2) is 9.42. The van der Waals surface area contributed by atoms with Gasteiger partial charge in [0.2, 0.25) is 0 Å². The van der Waals surface area contributed by atoms with Crippen molar-refractivity contribution in [1.82, 2.24) is 35.5 Å². The molecule has 2 aliphatic rings. The number of urea groups is 1. The van der Waals surface area contributed by atoms with E-state index in [-0.39, 0.29) is 12.1 Å². The molecule has 9 nitrogen and oxygen atoms in total. The molecule has 0 aliphatic heterocycles. The van der Waals surface area contributed by atoms with E-state index in [4.69, 9.17) is 0 Å². The largest absolute Gasteiger partial charge is 0.328 e. The molecular weight excluding hydrogens is 404 g/mol. The molecule has 166 valence electrons. The highest BCUT2D eigenvalue weighted by atomic mass is 16.2. The molecule has 2 N–H and O–H groups in total. The van der Waals surface area contributed by atoms with Gasteiger partial charge in [-0.25, -0.2) is 19.4 Å². The fourth-order valence-corrected chi connectivity index (χ4v) is 4.52. The summed E-state index contributed by atoms with van der Waals surface area (Å²) in [5.74, 6) is 1.90. The second-order valence-corrected chi connectivity index (χ2v) is 8.72. The maximum absolute atomic E-state index is 13.1. The van der Waals surface area contributed by atoms with Crippen molar-refractivity contribution in [2.45, 2.75) is 63.5 Å². The lowest BCUT2D eigenvalue weighted by molar-refractivity contribution is 0.241. The lowest BCUT2D eigenvalue weighted by Gasteiger charge is -2.26. The third kappa shape index (κ3) is 4.76. The topological polar surface area (TPSA) is 111 Å². The van der Waals surface area contributed by atoms with Crippen LogP contribution < -0.4 is 10.6 Å². The van der Waals surface area contributed by atoms with Gasteiger partial charge in [-0.3, -0.25) is 0 Å². The predicted molar refractivity (Wildman–Crippen MR) is 120 cm³/mol. The third-order valence-electron chi connectivity index (χ3n) is 6.30. The maximum Gasteiger partial charge on any atom is 0.319 e. The molecule has 1 aromatic carbocycles. The fourth-order valence-electron chi connectivity index (χ4n) is 4.52. The molecule has 0 bridgehead atoms. The van der Waals surface area contributed by atoms with Crippen molar-refractivity contribution in [2.24, 2.45) is 5.92 Å². The number of hydrogen-bond donors (Lipinski definition) is 2. The van der Waals surface area contributed by atoms with Crippen LogP contribution in [0.2, 0.25) is 0 Å². The van der Waals surface area contributed by atoms with E-state index in [0.717, 1.165) is 24.8 Å². The average molecular weight is 433 g/mol. The molecule has 0 radical (unpaired) electrons. The van der Waals surface area contributed by atoms with E-state index in [9.17, 15) is 4.79 Å². The third-order valence-corrected chi connectivity index (χ3v) is 6.30. The van der Waals surface area contributed by atoms with Crippen molar-refractivity contribution >= 4 is 11.7 Å². The van der Waals surface area contributed by atoms with Crippen LogP contribution in [0.4, 0.5) is 10.5 Å². The average Bonchev–Trinajstić information content (AvgIpc) is 3.57. The van der Waals surface area contributed by atoms with Gasteiger partial charge < -0.3 is 10.6 Å². The summed E-state index contributed by atoms with van der Waals surface area (Å²) in [5.41, 5.74) is 1.48. The molecule has 2 aromatic heterocycles. The van der Waals surface area contributed by atoms with Gasteiger partial charge in [0.15, 0.2) is 11.6 Å². The van der Waals surface area contributed by atoms with Crippen LogP contribution in [0.15, 0.2) is 42.7 Å². The molecule has 2 heterocycles. The molecule has 0 saturated heterocycles. The lowest BCUT2D eigenvalue weighted by Crippen LogP contribution is -2.35. The zero-order valence-electron chi connectivity index (χ0n) is 18.0. The van der Waals surface area contributed by atoms with Crippen LogP contribution in [0, 0.1) is 5.92 Å². The maximum atomic E-state index is 13.1. The minimum absolute atomic E-state index is 0.233. The molecular formula is C23H28N8O. The van der Waals surface area contributed by atoms with Crippen LogP contribution in [0.5, 0.6) is 0 Å². The number of hydrogen-bond acceptors (Lipinski definition) is 6. The minimum Gasteiger partial charge on any atom is -0.328 e. The van der Waals surface area contributed by atoms with E-state index in [1.165, 1.54) is 32.1 Å². The van der Waals surface area contributed by atoms with Crippen LogP contribution in [0.1, 0.15) is 69.3 Å². The van der Waals surface area contributed by atoms with Gasteiger partial charge in [0.25, 0.3) is 0 Å². The number of aromatic nitrogens is 6. The number of rotatable bonds is 7. The number of amides is 2. The van der Waals surface area contributed by atoms with Gasteiger partial charge in [-0.05, 0) is 53.8 Å². The van der Waals surface area contributed by atoms with Crippen molar-refractivity contribution in [2.75, 3.05) is 5.32 Å². The normalized spacial score (nSPS) is 17.6. The molecule has 9 heteroatoms. The highest BCUT2D eigenvalue weighted by Crippen LogP contribution is 2.38. The number of benzene rings is 1.